The molecule has 0 N–H and O–H groups in total. The molecule has 0 unspecified atom stereocenters. The molecule has 0 radical (unpaired) electrons. The van der Waals surface area contributed by atoms with Gasteiger partial charge in [0, 0.05) is 36.9 Å². The highest BCUT2D eigenvalue weighted by atomic mass is 19.1. The maximum Gasteiger partial charge on any atom is 0.258 e. The molecule has 0 saturated carbocycles. The Balaban J connectivity index is 1.50. The molecule has 0 aromatic heterocycles. The molecule has 3 aromatic carbocycles. The molecule has 0 aliphatic carbocycles. The van der Waals surface area contributed by atoms with Gasteiger partial charge in [-0.25, -0.2) is 8.78 Å². The van der Waals surface area contributed by atoms with Gasteiger partial charge in [0.25, 0.3) is 5.91 Å². The van der Waals surface area contributed by atoms with Crippen LogP contribution in [0.2, 0.25) is 0 Å². The first-order valence-electron chi connectivity index (χ1n) is 10.6. The molecule has 3 nitrogen and oxygen atoms in total. The van der Waals surface area contributed by atoms with E-state index in [0.29, 0.717) is 5.56 Å². The van der Waals surface area contributed by atoms with Crippen molar-refractivity contribution in [3.8, 4) is 0 Å². The third-order valence-electron chi connectivity index (χ3n) is 5.86. The number of amides is 1. The number of aryl methyl sites for hydroxylation is 1. The van der Waals surface area contributed by atoms with Crippen LogP contribution in [0.15, 0.2) is 72.8 Å². The van der Waals surface area contributed by atoms with Crippen molar-refractivity contribution >= 4 is 11.6 Å². The average Bonchev–Trinajstić information content (AvgIpc) is 2.78. The number of hydrogen-bond acceptors (Lipinski definition) is 2. The third-order valence-corrected chi connectivity index (χ3v) is 5.86. The van der Waals surface area contributed by atoms with Crippen molar-refractivity contribution in [3.05, 3.63) is 101 Å². The zero-order valence-electron chi connectivity index (χ0n) is 17.6. The number of hydrogen-bond donors (Lipinski definition) is 0. The molecule has 1 amide bonds. The van der Waals surface area contributed by atoms with Gasteiger partial charge in [0.2, 0.25) is 0 Å². The van der Waals surface area contributed by atoms with Gasteiger partial charge in [-0.15, -0.1) is 0 Å². The second-order valence-corrected chi connectivity index (χ2v) is 8.15. The molecule has 1 saturated heterocycles. The van der Waals surface area contributed by atoms with Crippen molar-refractivity contribution in [1.82, 2.24) is 4.90 Å². The number of halogens is 2. The van der Waals surface area contributed by atoms with Crippen molar-refractivity contribution in [1.29, 1.82) is 0 Å². The molecule has 0 bridgehead atoms. The Morgan fingerprint density at radius 2 is 1.42 bits per heavy atom. The lowest BCUT2D eigenvalue weighted by Gasteiger charge is -2.38. The normalized spacial score (nSPS) is 15.1. The molecule has 4 rings (SSSR count). The van der Waals surface area contributed by atoms with E-state index in [9.17, 15) is 13.6 Å². The smallest absolute Gasteiger partial charge is 0.258 e. The largest absolute Gasteiger partial charge is 0.305 e. The number of anilines is 1. The average molecular weight is 421 g/mol. The van der Waals surface area contributed by atoms with Gasteiger partial charge < -0.3 is 4.90 Å². The molecule has 5 heteroatoms. The highest BCUT2D eigenvalue weighted by Crippen LogP contribution is 2.27. The maximum absolute atomic E-state index is 13.4. The van der Waals surface area contributed by atoms with Gasteiger partial charge >= 0.3 is 0 Å². The lowest BCUT2D eigenvalue weighted by molar-refractivity contribution is 0.0958. The van der Waals surface area contributed by atoms with Crippen LogP contribution < -0.4 is 4.90 Å². The van der Waals surface area contributed by atoms with Crippen molar-refractivity contribution in [3.63, 3.8) is 0 Å². The summed E-state index contributed by atoms with van der Waals surface area (Å²) < 4.78 is 26.5. The first-order chi connectivity index (χ1) is 15.0. The van der Waals surface area contributed by atoms with Gasteiger partial charge in [-0.1, -0.05) is 29.8 Å². The highest BCUT2D eigenvalue weighted by molar-refractivity contribution is 6.06. The van der Waals surface area contributed by atoms with Gasteiger partial charge in [0.05, 0.1) is 0 Å². The van der Waals surface area contributed by atoms with E-state index in [1.165, 1.54) is 24.3 Å². The van der Waals surface area contributed by atoms with E-state index in [1.807, 2.05) is 48.2 Å². The Kier molecular flexibility index (Phi) is 6.42. The zero-order valence-corrected chi connectivity index (χ0v) is 17.6. The number of likely N-dealkylation sites (tertiary alicyclic amines) is 1. The van der Waals surface area contributed by atoms with Crippen LogP contribution in [0.3, 0.4) is 0 Å². The molecule has 1 heterocycles. The molecule has 0 atom stereocenters. The monoisotopic (exact) mass is 420 g/mol. The van der Waals surface area contributed by atoms with Crippen LogP contribution >= 0.6 is 0 Å². The number of benzene rings is 3. The highest BCUT2D eigenvalue weighted by Gasteiger charge is 2.30. The quantitative estimate of drug-likeness (QED) is 0.538. The third kappa shape index (κ3) is 5.17. The summed E-state index contributed by atoms with van der Waals surface area (Å²) in [5, 5.41) is 0. The summed E-state index contributed by atoms with van der Waals surface area (Å²) >= 11 is 0. The first kappa shape index (κ1) is 21.2. The predicted octanol–water partition coefficient (Wildman–Crippen LogP) is 5.58. The number of piperidine rings is 1. The summed E-state index contributed by atoms with van der Waals surface area (Å²) in [5.41, 5.74) is 3.55. The van der Waals surface area contributed by atoms with E-state index in [2.05, 4.69) is 4.90 Å². The number of carbonyl (C=O) groups excluding carboxylic acids is 1. The topological polar surface area (TPSA) is 23.6 Å². The van der Waals surface area contributed by atoms with Crippen LogP contribution in [-0.4, -0.2) is 29.9 Å². The second-order valence-electron chi connectivity index (χ2n) is 8.15. The minimum Gasteiger partial charge on any atom is -0.305 e. The lowest BCUT2D eigenvalue weighted by Crippen LogP contribution is -2.47. The fourth-order valence-corrected chi connectivity index (χ4v) is 4.11. The van der Waals surface area contributed by atoms with Crippen molar-refractivity contribution < 1.29 is 13.6 Å². The molecular formula is C26H26F2N2O. The van der Waals surface area contributed by atoms with Crippen molar-refractivity contribution in [2.75, 3.05) is 18.0 Å². The minimum atomic E-state index is -0.354. The number of rotatable bonds is 5. The first-order valence-corrected chi connectivity index (χ1v) is 10.6. The summed E-state index contributed by atoms with van der Waals surface area (Å²) in [4.78, 5) is 17.6. The Morgan fingerprint density at radius 3 is 2.00 bits per heavy atom. The maximum atomic E-state index is 13.4. The van der Waals surface area contributed by atoms with Gasteiger partial charge in [-0.2, -0.15) is 0 Å². The predicted molar refractivity (Wildman–Crippen MR) is 119 cm³/mol. The Hall–Kier alpha value is -3.05. The van der Waals surface area contributed by atoms with Crippen LogP contribution in [0.1, 0.15) is 34.3 Å². The van der Waals surface area contributed by atoms with E-state index in [4.69, 9.17) is 0 Å². The van der Waals surface area contributed by atoms with Crippen LogP contribution in [-0.2, 0) is 6.54 Å². The van der Waals surface area contributed by atoms with E-state index in [-0.39, 0.29) is 23.6 Å². The second kappa shape index (κ2) is 9.40. The molecule has 3 aromatic rings. The van der Waals surface area contributed by atoms with Gasteiger partial charge in [-0.3, -0.25) is 9.69 Å². The van der Waals surface area contributed by atoms with Crippen LogP contribution in [0.5, 0.6) is 0 Å². The molecule has 31 heavy (non-hydrogen) atoms. The van der Waals surface area contributed by atoms with Gasteiger partial charge in [0.15, 0.2) is 0 Å². The van der Waals surface area contributed by atoms with Crippen molar-refractivity contribution in [2.24, 2.45) is 0 Å². The Labute approximate surface area is 181 Å². The van der Waals surface area contributed by atoms with E-state index in [0.717, 1.165) is 49.3 Å². The summed E-state index contributed by atoms with van der Waals surface area (Å²) in [6.45, 7) is 4.48. The minimum absolute atomic E-state index is 0.0599. The van der Waals surface area contributed by atoms with Crippen LogP contribution in [0.4, 0.5) is 14.5 Å². The molecular weight excluding hydrogens is 394 g/mol. The van der Waals surface area contributed by atoms with Gasteiger partial charge in [0.1, 0.15) is 11.6 Å². The van der Waals surface area contributed by atoms with Crippen LogP contribution in [0, 0.1) is 18.6 Å². The number of nitrogens with zero attached hydrogens (tertiary/aromatic N) is 2. The Morgan fingerprint density at radius 1 is 0.871 bits per heavy atom. The van der Waals surface area contributed by atoms with E-state index >= 15 is 0 Å². The summed E-state index contributed by atoms with van der Waals surface area (Å²) in [7, 11) is 0. The fourth-order valence-electron chi connectivity index (χ4n) is 4.11. The molecule has 1 aliphatic rings. The van der Waals surface area contributed by atoms with Gasteiger partial charge in [-0.05, 0) is 73.9 Å². The molecule has 1 aliphatic heterocycles. The standard InChI is InChI=1S/C26H26F2N2O/c1-19-2-12-24(13-3-19)30(26(31)21-6-10-23(28)11-7-21)25-14-16-29(17-15-25)18-20-4-8-22(27)9-5-20/h2-13,25H,14-18H2,1H3. The Bertz CT molecular complexity index is 1010. The summed E-state index contributed by atoms with van der Waals surface area (Å²) in [5.74, 6) is -0.691. The fraction of sp³-hybridized carbons (Fsp3) is 0.269. The summed E-state index contributed by atoms with van der Waals surface area (Å²) in [6.07, 6.45) is 1.67. The van der Waals surface area contributed by atoms with E-state index < -0.39 is 0 Å². The summed E-state index contributed by atoms with van der Waals surface area (Å²) in [6, 6.07) is 20.4. The van der Waals surface area contributed by atoms with E-state index in [1.54, 1.807) is 12.1 Å². The van der Waals surface area contributed by atoms with Crippen molar-refractivity contribution in [2.45, 2.75) is 32.4 Å². The lowest BCUT2D eigenvalue weighted by atomic mass is 10.00. The molecule has 1 fully saturated rings. The SMILES string of the molecule is Cc1ccc(N(C(=O)c2ccc(F)cc2)C2CCN(Cc3ccc(F)cc3)CC2)cc1. The molecule has 0 spiro atoms. The zero-order chi connectivity index (χ0) is 21.8. The molecule has 160 valence electrons. The number of carbonyl (C=O) groups is 1. The van der Waals surface area contributed by atoms with Crippen LogP contribution in [0.25, 0.3) is 0 Å².